The third-order valence-electron chi connectivity index (χ3n) is 1.83. The summed E-state index contributed by atoms with van der Waals surface area (Å²) in [5.41, 5.74) is -1.77. The molecule has 1 rings (SSSR count). The summed E-state index contributed by atoms with van der Waals surface area (Å²) < 4.78 is 52.6. The molecular weight excluding hydrogens is 256 g/mol. The molecule has 0 N–H and O–H groups in total. The lowest BCUT2D eigenvalue weighted by molar-refractivity contribution is -0.137. The first-order valence-electron chi connectivity index (χ1n) is 4.55. The fraction of sp³-hybridized carbons (Fsp3) is 0.300. The van der Waals surface area contributed by atoms with E-state index < -0.39 is 24.6 Å². The third kappa shape index (κ3) is 3.89. The van der Waals surface area contributed by atoms with Crippen LogP contribution in [0.1, 0.15) is 5.56 Å². The van der Waals surface area contributed by atoms with E-state index in [2.05, 4.69) is 4.74 Å². The fourth-order valence-electron chi connectivity index (χ4n) is 0.923. The van der Waals surface area contributed by atoms with Gasteiger partial charge in [-0.05, 0) is 37.6 Å². The van der Waals surface area contributed by atoms with Crippen molar-refractivity contribution in [3.63, 3.8) is 0 Å². The van der Waals surface area contributed by atoms with Crippen molar-refractivity contribution < 1.29 is 27.3 Å². The SMILES string of the molecule is CP(C)(=O)C(=O)Oc1ccc(C(F)(F)F)cc1. The summed E-state index contributed by atoms with van der Waals surface area (Å²) in [5.74, 6) is -0.0630. The molecule has 7 heteroatoms. The highest BCUT2D eigenvalue weighted by Crippen LogP contribution is 2.39. The van der Waals surface area contributed by atoms with Crippen molar-refractivity contribution >= 4 is 12.9 Å². The summed E-state index contributed by atoms with van der Waals surface area (Å²) in [6.07, 6.45) is -4.44. The zero-order valence-corrected chi connectivity index (χ0v) is 10.0. The minimum absolute atomic E-state index is 0.0630. The summed E-state index contributed by atoms with van der Waals surface area (Å²) in [6, 6.07) is 3.60. The van der Waals surface area contributed by atoms with Crippen LogP contribution in [0.4, 0.5) is 18.0 Å². The molecule has 0 saturated heterocycles. The van der Waals surface area contributed by atoms with Crippen LogP contribution in [0.25, 0.3) is 0 Å². The molecule has 0 fully saturated rings. The molecule has 0 bridgehead atoms. The second kappa shape index (κ2) is 4.53. The van der Waals surface area contributed by atoms with Gasteiger partial charge in [0, 0.05) is 0 Å². The van der Waals surface area contributed by atoms with Crippen LogP contribution in [-0.2, 0) is 10.7 Å². The van der Waals surface area contributed by atoms with E-state index in [1.807, 2.05) is 0 Å². The fourth-order valence-corrected chi connectivity index (χ4v) is 1.25. The molecule has 3 nitrogen and oxygen atoms in total. The van der Waals surface area contributed by atoms with Crippen LogP contribution in [0.3, 0.4) is 0 Å². The topological polar surface area (TPSA) is 43.4 Å². The second-order valence-corrected chi connectivity index (χ2v) is 6.81. The van der Waals surface area contributed by atoms with Crippen molar-refractivity contribution in [1.29, 1.82) is 0 Å². The lowest BCUT2D eigenvalue weighted by Crippen LogP contribution is -2.07. The molecule has 0 amide bonds. The van der Waals surface area contributed by atoms with Crippen LogP contribution in [0.5, 0.6) is 5.75 Å². The summed E-state index contributed by atoms with van der Waals surface area (Å²) >= 11 is 0. The van der Waals surface area contributed by atoms with E-state index >= 15 is 0 Å². The van der Waals surface area contributed by atoms with Gasteiger partial charge in [0.25, 0.3) is 0 Å². The number of ether oxygens (including phenoxy) is 1. The van der Waals surface area contributed by atoms with E-state index in [-0.39, 0.29) is 5.75 Å². The Hall–Kier alpha value is -1.29. The Morgan fingerprint density at radius 2 is 1.65 bits per heavy atom. The maximum absolute atomic E-state index is 12.2. The second-order valence-electron chi connectivity index (χ2n) is 3.74. The van der Waals surface area contributed by atoms with Crippen molar-refractivity contribution in [2.45, 2.75) is 6.18 Å². The Kier molecular flexibility index (Phi) is 3.67. The molecule has 0 radical (unpaired) electrons. The van der Waals surface area contributed by atoms with E-state index in [1.165, 1.54) is 13.3 Å². The van der Waals surface area contributed by atoms with Gasteiger partial charge >= 0.3 is 11.9 Å². The van der Waals surface area contributed by atoms with Crippen LogP contribution in [0.15, 0.2) is 24.3 Å². The van der Waals surface area contributed by atoms with Gasteiger partial charge in [-0.15, -0.1) is 0 Å². The highest BCUT2D eigenvalue weighted by atomic mass is 31.2. The number of hydrogen-bond acceptors (Lipinski definition) is 3. The maximum atomic E-state index is 12.2. The first-order valence-corrected chi connectivity index (χ1v) is 7.15. The molecule has 0 unspecified atom stereocenters. The molecule has 0 aromatic heterocycles. The quantitative estimate of drug-likeness (QED) is 0.764. The normalized spacial score (nSPS) is 12.3. The molecular formula is C10H10F3O3P. The number of alkyl halides is 3. The molecule has 1 aromatic carbocycles. The molecule has 1 aromatic rings. The number of carbonyl (C=O) groups is 1. The Morgan fingerprint density at radius 1 is 1.18 bits per heavy atom. The molecule has 0 spiro atoms. The summed E-state index contributed by atoms with van der Waals surface area (Å²) in [7, 11) is -3.05. The van der Waals surface area contributed by atoms with Gasteiger partial charge in [0.15, 0.2) is 7.14 Å². The Labute approximate surface area is 96.0 Å². The van der Waals surface area contributed by atoms with Crippen molar-refractivity contribution in [1.82, 2.24) is 0 Å². The summed E-state index contributed by atoms with van der Waals surface area (Å²) in [6.45, 7) is 2.44. The minimum Gasteiger partial charge on any atom is -0.421 e. The van der Waals surface area contributed by atoms with Crippen LogP contribution < -0.4 is 4.74 Å². The summed E-state index contributed by atoms with van der Waals surface area (Å²) in [5, 5.41) is 0. The van der Waals surface area contributed by atoms with Gasteiger partial charge in [-0.1, -0.05) is 0 Å². The molecule has 0 heterocycles. The summed E-state index contributed by atoms with van der Waals surface area (Å²) in [4.78, 5) is 11.2. The molecule has 0 saturated carbocycles. The molecule has 0 atom stereocenters. The van der Waals surface area contributed by atoms with Crippen LogP contribution in [0.2, 0.25) is 0 Å². The van der Waals surface area contributed by atoms with Gasteiger partial charge in [-0.3, -0.25) is 0 Å². The van der Waals surface area contributed by atoms with E-state index in [4.69, 9.17) is 0 Å². The Bertz CT molecular complexity index is 459. The van der Waals surface area contributed by atoms with Gasteiger partial charge in [0.1, 0.15) is 5.75 Å². The largest absolute Gasteiger partial charge is 0.421 e. The van der Waals surface area contributed by atoms with Crippen LogP contribution >= 0.6 is 7.14 Å². The van der Waals surface area contributed by atoms with Gasteiger partial charge in [0.05, 0.1) is 5.56 Å². The number of carbonyl (C=O) groups excluding carboxylic acids is 1. The van der Waals surface area contributed by atoms with E-state index in [1.54, 1.807) is 0 Å². The van der Waals surface area contributed by atoms with E-state index in [0.29, 0.717) is 0 Å². The zero-order valence-electron chi connectivity index (χ0n) is 9.12. The van der Waals surface area contributed by atoms with Gasteiger partial charge in [0.2, 0.25) is 0 Å². The predicted molar refractivity (Wildman–Crippen MR) is 56.9 cm³/mol. The van der Waals surface area contributed by atoms with E-state index in [0.717, 1.165) is 24.3 Å². The maximum Gasteiger partial charge on any atom is 0.416 e. The lowest BCUT2D eigenvalue weighted by Gasteiger charge is -2.09. The average Bonchev–Trinajstić information content (AvgIpc) is 2.15. The first-order chi connectivity index (χ1) is 7.60. The highest BCUT2D eigenvalue weighted by Gasteiger charge is 2.30. The average molecular weight is 266 g/mol. The Balaban J connectivity index is 2.83. The van der Waals surface area contributed by atoms with E-state index in [9.17, 15) is 22.5 Å². The van der Waals surface area contributed by atoms with Gasteiger partial charge in [-0.25, -0.2) is 4.79 Å². The smallest absolute Gasteiger partial charge is 0.416 e. The monoisotopic (exact) mass is 266 g/mol. The molecule has 0 aliphatic carbocycles. The van der Waals surface area contributed by atoms with Gasteiger partial charge in [-0.2, -0.15) is 13.2 Å². The Morgan fingerprint density at radius 3 is 2.00 bits per heavy atom. The zero-order chi connectivity index (χ0) is 13.3. The first kappa shape index (κ1) is 13.8. The lowest BCUT2D eigenvalue weighted by atomic mass is 10.2. The molecule has 17 heavy (non-hydrogen) atoms. The highest BCUT2D eigenvalue weighted by molar-refractivity contribution is 7.78. The van der Waals surface area contributed by atoms with Crippen molar-refractivity contribution in [2.24, 2.45) is 0 Å². The molecule has 94 valence electrons. The number of halogens is 3. The molecule has 0 aliphatic heterocycles. The number of rotatable bonds is 2. The van der Waals surface area contributed by atoms with Crippen molar-refractivity contribution in [3.05, 3.63) is 29.8 Å². The minimum atomic E-state index is -4.44. The van der Waals surface area contributed by atoms with Crippen LogP contribution in [0, 0.1) is 0 Å². The van der Waals surface area contributed by atoms with Crippen LogP contribution in [-0.4, -0.2) is 19.0 Å². The molecule has 0 aliphatic rings. The third-order valence-corrected chi connectivity index (χ3v) is 2.80. The van der Waals surface area contributed by atoms with Crippen molar-refractivity contribution in [3.8, 4) is 5.75 Å². The van der Waals surface area contributed by atoms with Gasteiger partial charge < -0.3 is 9.30 Å². The number of hydrogen-bond donors (Lipinski definition) is 0. The predicted octanol–water partition coefficient (Wildman–Crippen LogP) is 3.83. The van der Waals surface area contributed by atoms with Crippen molar-refractivity contribution in [2.75, 3.05) is 13.3 Å². The number of benzene rings is 1. The standard InChI is InChI=1S/C10H10F3O3P/c1-17(2,15)9(14)16-8-5-3-7(4-6-8)10(11,12)13/h3-6H,1-2H3.